The molecule has 0 atom stereocenters. The van der Waals surface area contributed by atoms with Crippen LogP contribution in [0.4, 0.5) is 0 Å². The molecule has 0 saturated carbocycles. The first-order valence-electron chi connectivity index (χ1n) is 1.89. The van der Waals surface area contributed by atoms with Gasteiger partial charge in [-0.1, -0.05) is 0 Å². The zero-order chi connectivity index (χ0) is 4.41. The summed E-state index contributed by atoms with van der Waals surface area (Å²) in [5.41, 5.74) is 0. The Kier molecular flexibility index (Phi) is 1.05. The molecule has 1 fully saturated rings. The summed E-state index contributed by atoms with van der Waals surface area (Å²) in [6, 6.07) is 0. The summed E-state index contributed by atoms with van der Waals surface area (Å²) in [6.45, 7) is 0.791. The first-order chi connectivity index (χ1) is 2.89. The number of hydrogen-bond acceptors (Lipinski definition) is 2. The molecule has 1 rings (SSSR count). The molecule has 33 valence electrons. The van der Waals surface area contributed by atoms with Crippen molar-refractivity contribution in [2.45, 2.75) is 6.42 Å². The maximum atomic E-state index is 4.83. The fraction of sp³-hybridized carbons (Fsp3) is 0.500. The summed E-state index contributed by atoms with van der Waals surface area (Å²) in [5, 5.41) is 0.662. The van der Waals surface area contributed by atoms with E-state index in [0.29, 0.717) is 5.05 Å². The van der Waals surface area contributed by atoms with Gasteiger partial charge in [0.25, 0.3) is 0 Å². The highest BCUT2D eigenvalue weighted by molar-refractivity contribution is 7.80. The van der Waals surface area contributed by atoms with Gasteiger partial charge in [-0.15, -0.1) is 0 Å². The molecule has 0 aromatic carbocycles. The van der Waals surface area contributed by atoms with Gasteiger partial charge in [-0.3, -0.25) is 0 Å². The lowest BCUT2D eigenvalue weighted by Crippen LogP contribution is -1.85. The molecule has 0 N–H and O–H groups in total. The number of rotatable bonds is 0. The Morgan fingerprint density at radius 1 is 1.83 bits per heavy atom. The molecule has 1 radical (unpaired) electrons. The highest BCUT2D eigenvalue weighted by atomic mass is 32.1. The molecule has 0 aromatic heterocycles. The van der Waals surface area contributed by atoms with Crippen LogP contribution in [0.15, 0.2) is 0 Å². The Hall–Kier alpha value is -0.110. The van der Waals surface area contributed by atoms with Crippen LogP contribution in [0.3, 0.4) is 0 Å². The van der Waals surface area contributed by atoms with Gasteiger partial charge in [-0.2, -0.15) is 0 Å². The van der Waals surface area contributed by atoms with Gasteiger partial charge in [0.05, 0.1) is 6.61 Å². The lowest BCUT2D eigenvalue weighted by Gasteiger charge is -1.85. The van der Waals surface area contributed by atoms with Crippen LogP contribution in [0.2, 0.25) is 0 Å². The van der Waals surface area contributed by atoms with Gasteiger partial charge >= 0.3 is 0 Å². The van der Waals surface area contributed by atoms with E-state index < -0.39 is 0 Å². The maximum Gasteiger partial charge on any atom is 0.163 e. The van der Waals surface area contributed by atoms with Gasteiger partial charge in [0.1, 0.15) is 0 Å². The molecule has 1 aliphatic rings. The second-order valence-corrected chi connectivity index (χ2v) is 1.56. The smallest absolute Gasteiger partial charge is 0.163 e. The summed E-state index contributed by atoms with van der Waals surface area (Å²) in [6.07, 6.45) is 2.91. The SMILES string of the molecule is S=C1[CH]CCO1. The first-order valence-corrected chi connectivity index (χ1v) is 2.30. The first kappa shape index (κ1) is 4.06. The van der Waals surface area contributed by atoms with Gasteiger partial charge in [-0.05, 0) is 18.6 Å². The van der Waals surface area contributed by atoms with Crippen LogP contribution in [0.1, 0.15) is 6.42 Å². The zero-order valence-corrected chi connectivity index (χ0v) is 4.12. The van der Waals surface area contributed by atoms with E-state index in [9.17, 15) is 0 Å². The molecule has 2 heteroatoms. The van der Waals surface area contributed by atoms with Crippen molar-refractivity contribution >= 4 is 17.3 Å². The molecule has 1 saturated heterocycles. The predicted octanol–water partition coefficient (Wildman–Crippen LogP) is 0.938. The Balaban J connectivity index is 2.37. The second kappa shape index (κ2) is 1.56. The highest BCUT2D eigenvalue weighted by Gasteiger charge is 2.04. The molecule has 0 unspecified atom stereocenters. The molecule has 0 aromatic rings. The Bertz CT molecular complexity index is 61.9. The van der Waals surface area contributed by atoms with Gasteiger partial charge in [-0.25, -0.2) is 0 Å². The standard InChI is InChI=1S/C4H5OS/c6-4-2-1-3-5-4/h2H,1,3H2. The normalized spacial score (nSPS) is 21.0. The fourth-order valence-corrected chi connectivity index (χ4v) is 0.596. The van der Waals surface area contributed by atoms with Crippen molar-refractivity contribution in [1.82, 2.24) is 0 Å². The van der Waals surface area contributed by atoms with E-state index >= 15 is 0 Å². The van der Waals surface area contributed by atoms with Gasteiger partial charge < -0.3 is 4.74 Å². The molecule has 0 spiro atoms. The summed E-state index contributed by atoms with van der Waals surface area (Å²) in [4.78, 5) is 0. The average Bonchev–Trinajstić information content (AvgIpc) is 1.86. The maximum absolute atomic E-state index is 4.83. The van der Waals surface area contributed by atoms with E-state index in [-0.39, 0.29) is 0 Å². The summed E-state index contributed by atoms with van der Waals surface area (Å²) >= 11 is 4.64. The summed E-state index contributed by atoms with van der Waals surface area (Å²) in [7, 11) is 0. The third-order valence-electron chi connectivity index (χ3n) is 0.673. The van der Waals surface area contributed by atoms with E-state index in [2.05, 4.69) is 12.2 Å². The third kappa shape index (κ3) is 0.684. The van der Waals surface area contributed by atoms with Crippen molar-refractivity contribution in [3.63, 3.8) is 0 Å². The molecule has 1 heterocycles. The van der Waals surface area contributed by atoms with Crippen LogP contribution in [0.25, 0.3) is 0 Å². The Morgan fingerprint density at radius 2 is 2.67 bits per heavy atom. The molecule has 1 nitrogen and oxygen atoms in total. The van der Waals surface area contributed by atoms with Crippen molar-refractivity contribution < 1.29 is 4.74 Å². The number of hydrogen-bond donors (Lipinski definition) is 0. The number of thiocarbonyl (C=S) groups is 1. The second-order valence-electron chi connectivity index (χ2n) is 1.16. The van der Waals surface area contributed by atoms with Crippen molar-refractivity contribution in [2.24, 2.45) is 0 Å². The van der Waals surface area contributed by atoms with Gasteiger partial charge in [0.15, 0.2) is 5.05 Å². The molecule has 6 heavy (non-hydrogen) atoms. The molecule has 0 aliphatic carbocycles. The fourth-order valence-electron chi connectivity index (χ4n) is 0.395. The van der Waals surface area contributed by atoms with Crippen LogP contribution in [0, 0.1) is 6.42 Å². The molecular weight excluding hydrogens is 96.1 g/mol. The summed E-state index contributed by atoms with van der Waals surface area (Å²) in [5.74, 6) is 0. The van der Waals surface area contributed by atoms with Crippen molar-refractivity contribution in [3.05, 3.63) is 6.42 Å². The lowest BCUT2D eigenvalue weighted by atomic mass is 10.4. The minimum Gasteiger partial charge on any atom is -0.487 e. The quantitative estimate of drug-likeness (QED) is 0.420. The van der Waals surface area contributed by atoms with Crippen LogP contribution in [0.5, 0.6) is 0 Å². The predicted molar refractivity (Wildman–Crippen MR) is 27.5 cm³/mol. The van der Waals surface area contributed by atoms with Crippen LogP contribution >= 0.6 is 12.2 Å². The van der Waals surface area contributed by atoms with Gasteiger partial charge in [0, 0.05) is 6.42 Å². The minimum absolute atomic E-state index is 0.662. The molecule has 0 bridgehead atoms. The zero-order valence-electron chi connectivity index (χ0n) is 3.31. The van der Waals surface area contributed by atoms with Crippen molar-refractivity contribution in [1.29, 1.82) is 0 Å². The lowest BCUT2D eigenvalue weighted by molar-refractivity contribution is 0.351. The third-order valence-corrected chi connectivity index (χ3v) is 0.958. The van der Waals surface area contributed by atoms with E-state index in [1.807, 2.05) is 6.42 Å². The minimum atomic E-state index is 0.662. The van der Waals surface area contributed by atoms with Gasteiger partial charge in [0.2, 0.25) is 0 Å². The Morgan fingerprint density at radius 3 is 2.83 bits per heavy atom. The monoisotopic (exact) mass is 101 g/mol. The largest absolute Gasteiger partial charge is 0.487 e. The van der Waals surface area contributed by atoms with E-state index in [4.69, 9.17) is 4.74 Å². The van der Waals surface area contributed by atoms with Crippen LogP contribution in [-0.2, 0) is 4.74 Å². The van der Waals surface area contributed by atoms with Crippen molar-refractivity contribution in [3.8, 4) is 0 Å². The van der Waals surface area contributed by atoms with E-state index in [0.717, 1.165) is 13.0 Å². The summed E-state index contributed by atoms with van der Waals surface area (Å²) < 4.78 is 4.83. The van der Waals surface area contributed by atoms with E-state index in [1.165, 1.54) is 0 Å². The Labute approximate surface area is 42.3 Å². The topological polar surface area (TPSA) is 9.23 Å². The van der Waals surface area contributed by atoms with Crippen molar-refractivity contribution in [2.75, 3.05) is 6.61 Å². The average molecular weight is 101 g/mol. The van der Waals surface area contributed by atoms with Crippen LogP contribution < -0.4 is 0 Å². The highest BCUT2D eigenvalue weighted by Crippen LogP contribution is 2.02. The molecular formula is C4H5OS. The number of ether oxygens (including phenoxy) is 1. The molecule has 0 amide bonds. The van der Waals surface area contributed by atoms with E-state index in [1.54, 1.807) is 0 Å². The molecule has 1 aliphatic heterocycles. The van der Waals surface area contributed by atoms with Crippen LogP contribution in [-0.4, -0.2) is 11.7 Å².